The molecule has 0 aromatic carbocycles. The van der Waals surface area contributed by atoms with E-state index >= 15 is 0 Å². The Morgan fingerprint density at radius 3 is 3.13 bits per heavy atom. The average Bonchev–Trinajstić information content (AvgIpc) is 2.76. The van der Waals surface area contributed by atoms with Crippen molar-refractivity contribution in [3.63, 3.8) is 0 Å². The van der Waals surface area contributed by atoms with E-state index in [-0.39, 0.29) is 10.7 Å². The van der Waals surface area contributed by atoms with Crippen LogP contribution in [0, 0.1) is 5.82 Å². The number of nitrogens with zero attached hydrogens (tertiary/aromatic N) is 1. The summed E-state index contributed by atoms with van der Waals surface area (Å²) in [6, 6.07) is 5.77. The number of rotatable bonds is 1. The quantitative estimate of drug-likeness (QED) is 0.454. The zero-order chi connectivity index (χ0) is 10.4. The van der Waals surface area contributed by atoms with Gasteiger partial charge in [0.2, 0.25) is 5.69 Å². The molecular weight excluding hydrogens is 213 g/mol. The molecule has 1 aliphatic heterocycles. The predicted octanol–water partition coefficient (Wildman–Crippen LogP) is 2.02. The van der Waals surface area contributed by atoms with E-state index in [0.717, 1.165) is 10.6 Å². The Morgan fingerprint density at radius 1 is 1.47 bits per heavy atom. The second-order valence-corrected chi connectivity index (χ2v) is 4.47. The van der Waals surface area contributed by atoms with E-state index < -0.39 is 0 Å². The maximum Gasteiger partial charge on any atom is 0.223 e. The number of halogens is 1. The van der Waals surface area contributed by atoms with Gasteiger partial charge in [-0.1, -0.05) is 0 Å². The van der Waals surface area contributed by atoms with Crippen LogP contribution in [0.3, 0.4) is 0 Å². The molecule has 0 bridgehead atoms. The SMILES string of the molecule is O=Cc1sc2c(c1F)C[n+]1ccccc1-2. The van der Waals surface area contributed by atoms with Gasteiger partial charge >= 0.3 is 0 Å². The first-order chi connectivity index (χ1) is 7.31. The summed E-state index contributed by atoms with van der Waals surface area (Å²) in [4.78, 5) is 11.7. The molecule has 1 aliphatic rings. The Bertz CT molecular complexity index is 562. The Balaban J connectivity index is 2.29. The Kier molecular flexibility index (Phi) is 1.73. The monoisotopic (exact) mass is 220 g/mol. The first kappa shape index (κ1) is 8.73. The van der Waals surface area contributed by atoms with Crippen molar-refractivity contribution >= 4 is 17.6 Å². The summed E-state index contributed by atoms with van der Waals surface area (Å²) in [5.41, 5.74) is 1.64. The van der Waals surface area contributed by atoms with Gasteiger partial charge in [0.15, 0.2) is 24.8 Å². The highest BCUT2D eigenvalue weighted by molar-refractivity contribution is 7.17. The molecule has 0 spiro atoms. The van der Waals surface area contributed by atoms with Crippen molar-refractivity contribution in [2.75, 3.05) is 0 Å². The number of pyridine rings is 1. The first-order valence-electron chi connectivity index (χ1n) is 4.56. The molecule has 0 aliphatic carbocycles. The van der Waals surface area contributed by atoms with Crippen LogP contribution in [0.15, 0.2) is 24.4 Å². The van der Waals surface area contributed by atoms with Gasteiger partial charge in [0.1, 0.15) is 9.75 Å². The molecule has 4 heteroatoms. The number of thiophene rings is 1. The highest BCUT2D eigenvalue weighted by Crippen LogP contribution is 2.36. The Morgan fingerprint density at radius 2 is 2.33 bits per heavy atom. The molecule has 0 radical (unpaired) electrons. The van der Waals surface area contributed by atoms with Crippen LogP contribution in [0.4, 0.5) is 4.39 Å². The van der Waals surface area contributed by atoms with E-state index in [2.05, 4.69) is 0 Å². The standard InChI is InChI=1S/C11H7FNOS/c12-10-7-5-13-4-2-1-3-8(13)11(7)15-9(10)6-14/h1-4,6H,5H2/q+1. The van der Waals surface area contributed by atoms with E-state index in [1.165, 1.54) is 11.3 Å². The summed E-state index contributed by atoms with van der Waals surface area (Å²) in [5.74, 6) is -0.353. The lowest BCUT2D eigenvalue weighted by Crippen LogP contribution is -2.31. The van der Waals surface area contributed by atoms with Crippen LogP contribution in [-0.4, -0.2) is 6.29 Å². The number of aromatic nitrogens is 1. The van der Waals surface area contributed by atoms with Crippen molar-refractivity contribution in [3.8, 4) is 10.6 Å². The third-order valence-electron chi connectivity index (χ3n) is 2.58. The van der Waals surface area contributed by atoms with E-state index in [4.69, 9.17) is 0 Å². The molecule has 74 valence electrons. The zero-order valence-electron chi connectivity index (χ0n) is 7.74. The molecule has 2 nitrogen and oxygen atoms in total. The summed E-state index contributed by atoms with van der Waals surface area (Å²) in [6.45, 7) is 0.529. The van der Waals surface area contributed by atoms with Crippen LogP contribution < -0.4 is 4.57 Å². The summed E-state index contributed by atoms with van der Waals surface area (Å²) in [7, 11) is 0. The van der Waals surface area contributed by atoms with Crippen LogP contribution >= 0.6 is 11.3 Å². The number of aldehydes is 1. The fourth-order valence-corrected chi connectivity index (χ4v) is 2.93. The number of carbonyl (C=O) groups excluding carboxylic acids is 1. The summed E-state index contributed by atoms with van der Waals surface area (Å²) >= 11 is 1.23. The fourth-order valence-electron chi connectivity index (χ4n) is 1.88. The van der Waals surface area contributed by atoms with Gasteiger partial charge in [0, 0.05) is 12.1 Å². The molecule has 0 saturated heterocycles. The van der Waals surface area contributed by atoms with E-state index in [1.54, 1.807) is 0 Å². The maximum absolute atomic E-state index is 13.7. The highest BCUT2D eigenvalue weighted by Gasteiger charge is 2.32. The maximum atomic E-state index is 13.7. The molecule has 3 heterocycles. The minimum Gasteiger partial charge on any atom is -0.297 e. The minimum absolute atomic E-state index is 0.204. The molecule has 2 aromatic heterocycles. The van der Waals surface area contributed by atoms with E-state index in [1.807, 2.05) is 29.0 Å². The lowest BCUT2D eigenvalue weighted by atomic mass is 10.2. The van der Waals surface area contributed by atoms with Gasteiger partial charge in [-0.25, -0.2) is 4.39 Å². The van der Waals surface area contributed by atoms with Gasteiger partial charge in [-0.15, -0.1) is 11.3 Å². The Hall–Kier alpha value is -1.55. The minimum atomic E-state index is -0.353. The van der Waals surface area contributed by atoms with Crippen LogP contribution in [-0.2, 0) is 6.54 Å². The van der Waals surface area contributed by atoms with Crippen molar-refractivity contribution in [1.82, 2.24) is 0 Å². The van der Waals surface area contributed by atoms with Crippen LogP contribution in [0.25, 0.3) is 10.6 Å². The van der Waals surface area contributed by atoms with E-state index in [0.29, 0.717) is 18.4 Å². The summed E-state index contributed by atoms with van der Waals surface area (Å²) in [5, 5.41) is 0. The average molecular weight is 220 g/mol. The zero-order valence-corrected chi connectivity index (χ0v) is 8.55. The molecule has 0 saturated carbocycles. The lowest BCUT2D eigenvalue weighted by Gasteiger charge is -1.91. The molecule has 0 amide bonds. The second-order valence-electron chi connectivity index (χ2n) is 3.42. The Labute approximate surface area is 89.6 Å². The van der Waals surface area contributed by atoms with Gasteiger partial charge in [0.25, 0.3) is 0 Å². The normalized spacial score (nSPS) is 12.3. The fraction of sp³-hybridized carbons (Fsp3) is 0.0909. The lowest BCUT2D eigenvalue weighted by molar-refractivity contribution is -0.672. The number of hydrogen-bond donors (Lipinski definition) is 0. The highest BCUT2D eigenvalue weighted by atomic mass is 32.1. The number of fused-ring (bicyclic) bond motifs is 3. The van der Waals surface area contributed by atoms with Gasteiger partial charge in [-0.05, 0) is 6.07 Å². The number of hydrogen-bond acceptors (Lipinski definition) is 2. The first-order valence-corrected chi connectivity index (χ1v) is 5.38. The molecular formula is C11H7FNOS+. The van der Waals surface area contributed by atoms with Crippen molar-refractivity contribution in [2.24, 2.45) is 0 Å². The molecule has 0 N–H and O–H groups in total. The number of carbonyl (C=O) groups is 1. The van der Waals surface area contributed by atoms with Crippen LogP contribution in [0.1, 0.15) is 15.2 Å². The van der Waals surface area contributed by atoms with Gasteiger partial charge < -0.3 is 0 Å². The molecule has 0 unspecified atom stereocenters. The molecule has 0 fully saturated rings. The third kappa shape index (κ3) is 1.08. The van der Waals surface area contributed by atoms with Crippen molar-refractivity contribution in [3.05, 3.63) is 40.7 Å². The molecule has 2 aromatic rings. The van der Waals surface area contributed by atoms with Crippen molar-refractivity contribution in [2.45, 2.75) is 6.54 Å². The molecule has 3 rings (SSSR count). The molecule has 0 atom stereocenters. The van der Waals surface area contributed by atoms with Crippen LogP contribution in [0.2, 0.25) is 0 Å². The van der Waals surface area contributed by atoms with Crippen molar-refractivity contribution < 1.29 is 13.8 Å². The van der Waals surface area contributed by atoms with Gasteiger partial charge in [-0.2, -0.15) is 4.57 Å². The third-order valence-corrected chi connectivity index (χ3v) is 3.73. The van der Waals surface area contributed by atoms with Crippen LogP contribution in [0.5, 0.6) is 0 Å². The smallest absolute Gasteiger partial charge is 0.223 e. The topological polar surface area (TPSA) is 20.9 Å². The predicted molar refractivity (Wildman–Crippen MR) is 54.4 cm³/mol. The van der Waals surface area contributed by atoms with Crippen molar-refractivity contribution in [1.29, 1.82) is 0 Å². The van der Waals surface area contributed by atoms with Gasteiger partial charge in [-0.3, -0.25) is 4.79 Å². The summed E-state index contributed by atoms with van der Waals surface area (Å²) < 4.78 is 15.6. The second kappa shape index (κ2) is 2.97. The van der Waals surface area contributed by atoms with Gasteiger partial charge in [0.05, 0.1) is 5.56 Å². The van der Waals surface area contributed by atoms with E-state index in [9.17, 15) is 9.18 Å². The summed E-state index contributed by atoms with van der Waals surface area (Å²) in [6.07, 6.45) is 2.51. The molecule has 15 heavy (non-hydrogen) atoms. The largest absolute Gasteiger partial charge is 0.297 e.